The number of ether oxygens (including phenoxy) is 1. The second-order valence-electron chi connectivity index (χ2n) is 3.94. The molecule has 0 saturated carbocycles. The quantitative estimate of drug-likeness (QED) is 0.487. The number of Topliss-reactive ketones (excluding diaryl/α,β-unsaturated/α-hetero) is 1. The molecule has 5 heteroatoms. The van der Waals surface area contributed by atoms with Crippen LogP contribution in [0.3, 0.4) is 0 Å². The fourth-order valence-corrected chi connectivity index (χ4v) is 1.97. The normalized spacial score (nSPS) is 12.3. The second kappa shape index (κ2) is 5.91. The molecule has 1 aromatic rings. The van der Waals surface area contributed by atoms with E-state index < -0.39 is 11.9 Å². The molecular weight excluding hydrogens is 286 g/mol. The predicted octanol–water partition coefficient (Wildman–Crippen LogP) is 2.47. The van der Waals surface area contributed by atoms with Crippen molar-refractivity contribution in [1.82, 2.24) is 4.98 Å². The Labute approximate surface area is 109 Å². The SMILES string of the molecule is COC(=O)C(C(=O)c1ncccc1Br)C(C)C. The molecule has 0 aliphatic rings. The summed E-state index contributed by atoms with van der Waals surface area (Å²) >= 11 is 3.25. The van der Waals surface area contributed by atoms with Gasteiger partial charge < -0.3 is 4.74 Å². The lowest BCUT2D eigenvalue weighted by atomic mass is 9.90. The molecule has 17 heavy (non-hydrogen) atoms. The highest BCUT2D eigenvalue weighted by Crippen LogP contribution is 2.22. The van der Waals surface area contributed by atoms with Crippen LogP contribution in [0.4, 0.5) is 0 Å². The maximum atomic E-state index is 12.2. The lowest BCUT2D eigenvalue weighted by Gasteiger charge is -2.16. The molecule has 0 N–H and O–H groups in total. The Balaban J connectivity index is 3.09. The van der Waals surface area contributed by atoms with E-state index in [0.717, 1.165) is 0 Å². The molecule has 1 heterocycles. The van der Waals surface area contributed by atoms with Crippen molar-refractivity contribution >= 4 is 27.7 Å². The summed E-state index contributed by atoms with van der Waals surface area (Å²) in [7, 11) is 1.28. The van der Waals surface area contributed by atoms with E-state index in [1.165, 1.54) is 13.3 Å². The maximum Gasteiger partial charge on any atom is 0.316 e. The van der Waals surface area contributed by atoms with Gasteiger partial charge in [0.25, 0.3) is 0 Å². The van der Waals surface area contributed by atoms with Gasteiger partial charge in [-0.3, -0.25) is 14.6 Å². The monoisotopic (exact) mass is 299 g/mol. The molecule has 1 rings (SSSR count). The number of nitrogens with zero attached hydrogens (tertiary/aromatic N) is 1. The Hall–Kier alpha value is -1.23. The second-order valence-corrected chi connectivity index (χ2v) is 4.80. The number of aromatic nitrogens is 1. The van der Waals surface area contributed by atoms with Gasteiger partial charge in [-0.25, -0.2) is 0 Å². The molecule has 1 atom stereocenters. The van der Waals surface area contributed by atoms with E-state index in [9.17, 15) is 9.59 Å². The highest BCUT2D eigenvalue weighted by atomic mass is 79.9. The zero-order valence-corrected chi connectivity index (χ0v) is 11.5. The van der Waals surface area contributed by atoms with Crippen LogP contribution >= 0.6 is 15.9 Å². The zero-order valence-electron chi connectivity index (χ0n) is 9.94. The summed E-state index contributed by atoms with van der Waals surface area (Å²) in [4.78, 5) is 27.8. The molecule has 1 unspecified atom stereocenters. The first-order valence-electron chi connectivity index (χ1n) is 5.21. The third kappa shape index (κ3) is 3.12. The number of hydrogen-bond acceptors (Lipinski definition) is 4. The Morgan fingerprint density at radius 1 is 1.41 bits per heavy atom. The van der Waals surface area contributed by atoms with Crippen molar-refractivity contribution in [3.63, 3.8) is 0 Å². The van der Waals surface area contributed by atoms with Crippen molar-refractivity contribution in [3.8, 4) is 0 Å². The van der Waals surface area contributed by atoms with Crippen molar-refractivity contribution in [2.45, 2.75) is 13.8 Å². The number of rotatable bonds is 4. The van der Waals surface area contributed by atoms with Crippen molar-refractivity contribution in [1.29, 1.82) is 0 Å². The van der Waals surface area contributed by atoms with Crippen LogP contribution in [-0.4, -0.2) is 23.8 Å². The molecule has 0 fully saturated rings. The molecule has 0 aliphatic heterocycles. The Bertz CT molecular complexity index is 432. The molecule has 0 bridgehead atoms. The third-order valence-electron chi connectivity index (χ3n) is 2.40. The largest absolute Gasteiger partial charge is 0.468 e. The first-order valence-corrected chi connectivity index (χ1v) is 6.01. The molecular formula is C12H14BrNO3. The lowest BCUT2D eigenvalue weighted by Crippen LogP contribution is -2.30. The van der Waals surface area contributed by atoms with Crippen molar-refractivity contribution in [2.24, 2.45) is 11.8 Å². The van der Waals surface area contributed by atoms with Crippen LogP contribution in [0.15, 0.2) is 22.8 Å². The minimum atomic E-state index is -0.814. The summed E-state index contributed by atoms with van der Waals surface area (Å²) in [5.41, 5.74) is 0.261. The van der Waals surface area contributed by atoms with Gasteiger partial charge in [0.15, 0.2) is 5.78 Å². The summed E-state index contributed by atoms with van der Waals surface area (Å²) < 4.78 is 5.24. The van der Waals surface area contributed by atoms with Gasteiger partial charge in [0.05, 0.1) is 7.11 Å². The van der Waals surface area contributed by atoms with E-state index in [4.69, 9.17) is 0 Å². The first-order chi connectivity index (χ1) is 7.99. The number of carbonyl (C=O) groups is 2. The van der Waals surface area contributed by atoms with Gasteiger partial charge in [0, 0.05) is 10.7 Å². The van der Waals surface area contributed by atoms with Crippen molar-refractivity contribution in [2.75, 3.05) is 7.11 Å². The van der Waals surface area contributed by atoms with Crippen LogP contribution in [0.1, 0.15) is 24.3 Å². The number of ketones is 1. The molecule has 0 aromatic carbocycles. The number of esters is 1. The fourth-order valence-electron chi connectivity index (χ4n) is 1.52. The summed E-state index contributed by atoms with van der Waals surface area (Å²) in [6, 6.07) is 3.43. The van der Waals surface area contributed by atoms with Gasteiger partial charge in [0.2, 0.25) is 0 Å². The topological polar surface area (TPSA) is 56.3 Å². The van der Waals surface area contributed by atoms with Crippen molar-refractivity contribution in [3.05, 3.63) is 28.5 Å². The maximum absolute atomic E-state index is 12.2. The molecule has 0 amide bonds. The molecule has 4 nitrogen and oxygen atoms in total. The lowest BCUT2D eigenvalue weighted by molar-refractivity contribution is -0.144. The highest BCUT2D eigenvalue weighted by Gasteiger charge is 2.33. The van der Waals surface area contributed by atoms with Gasteiger partial charge in [-0.15, -0.1) is 0 Å². The Morgan fingerprint density at radius 2 is 2.06 bits per heavy atom. The molecule has 92 valence electrons. The van der Waals surface area contributed by atoms with Crippen LogP contribution in [0, 0.1) is 11.8 Å². The molecule has 1 aromatic heterocycles. The first kappa shape index (κ1) is 13.8. The number of carbonyl (C=O) groups excluding carboxylic acids is 2. The number of hydrogen-bond donors (Lipinski definition) is 0. The Kier molecular flexibility index (Phi) is 4.81. The van der Waals surface area contributed by atoms with Crippen LogP contribution in [-0.2, 0) is 9.53 Å². The number of pyridine rings is 1. The number of methoxy groups -OCH3 is 1. The van der Waals surface area contributed by atoms with Gasteiger partial charge in [-0.2, -0.15) is 0 Å². The molecule has 0 spiro atoms. The van der Waals surface area contributed by atoms with E-state index >= 15 is 0 Å². The van der Waals surface area contributed by atoms with Crippen LogP contribution in [0.5, 0.6) is 0 Å². The zero-order chi connectivity index (χ0) is 13.0. The van der Waals surface area contributed by atoms with Gasteiger partial charge in [-0.05, 0) is 34.0 Å². The molecule has 0 radical (unpaired) electrons. The summed E-state index contributed by atoms with van der Waals surface area (Å²) in [6.07, 6.45) is 1.52. The fraction of sp³-hybridized carbons (Fsp3) is 0.417. The van der Waals surface area contributed by atoms with Crippen molar-refractivity contribution < 1.29 is 14.3 Å². The Morgan fingerprint density at radius 3 is 2.53 bits per heavy atom. The smallest absolute Gasteiger partial charge is 0.316 e. The van der Waals surface area contributed by atoms with Crippen LogP contribution in [0.2, 0.25) is 0 Å². The summed E-state index contributed by atoms with van der Waals surface area (Å²) in [6.45, 7) is 3.60. The average molecular weight is 300 g/mol. The summed E-state index contributed by atoms with van der Waals surface area (Å²) in [5, 5.41) is 0. The van der Waals surface area contributed by atoms with Crippen LogP contribution in [0.25, 0.3) is 0 Å². The third-order valence-corrected chi connectivity index (χ3v) is 3.04. The molecule has 0 saturated heterocycles. The average Bonchev–Trinajstić information content (AvgIpc) is 2.28. The minimum Gasteiger partial charge on any atom is -0.468 e. The van der Waals surface area contributed by atoms with E-state index in [0.29, 0.717) is 4.47 Å². The molecule has 0 aliphatic carbocycles. The number of halogens is 1. The predicted molar refractivity (Wildman–Crippen MR) is 66.6 cm³/mol. The van der Waals surface area contributed by atoms with E-state index in [-0.39, 0.29) is 17.4 Å². The van der Waals surface area contributed by atoms with E-state index in [1.807, 2.05) is 0 Å². The van der Waals surface area contributed by atoms with Gasteiger partial charge in [-0.1, -0.05) is 13.8 Å². The van der Waals surface area contributed by atoms with Gasteiger partial charge in [0.1, 0.15) is 11.6 Å². The highest BCUT2D eigenvalue weighted by molar-refractivity contribution is 9.10. The van der Waals surface area contributed by atoms with Gasteiger partial charge >= 0.3 is 5.97 Å². The van der Waals surface area contributed by atoms with Crippen LogP contribution < -0.4 is 0 Å². The van der Waals surface area contributed by atoms with E-state index in [2.05, 4.69) is 25.7 Å². The van der Waals surface area contributed by atoms with E-state index in [1.54, 1.807) is 26.0 Å². The summed E-state index contributed by atoms with van der Waals surface area (Å²) in [5.74, 6) is -1.79. The standard InChI is InChI=1S/C12H14BrNO3/c1-7(2)9(12(16)17-3)11(15)10-8(13)5-4-6-14-10/h4-7,9H,1-3H3. The minimum absolute atomic E-state index is 0.135.